The van der Waals surface area contributed by atoms with Crippen LogP contribution in [0, 0.1) is 0 Å². The van der Waals surface area contributed by atoms with Crippen molar-refractivity contribution < 1.29 is 4.79 Å². The number of carbonyl (C=O) groups is 1. The largest absolute Gasteiger partial charge is 0.335 e. The normalized spacial score (nSPS) is 29.4. The lowest BCUT2D eigenvalue weighted by molar-refractivity contribution is 0.136. The Balaban J connectivity index is 1.46. The quantitative estimate of drug-likeness (QED) is 0.862. The van der Waals surface area contributed by atoms with E-state index in [-0.39, 0.29) is 6.03 Å². The van der Waals surface area contributed by atoms with Gasteiger partial charge in [-0.1, -0.05) is 6.92 Å². The van der Waals surface area contributed by atoms with E-state index in [1.807, 2.05) is 0 Å². The van der Waals surface area contributed by atoms with E-state index in [0.29, 0.717) is 12.1 Å². The third-order valence-corrected chi connectivity index (χ3v) is 5.28. The molecule has 3 rings (SSSR count). The van der Waals surface area contributed by atoms with Gasteiger partial charge < -0.3 is 15.1 Å². The molecule has 0 aromatic rings. The molecule has 2 aliphatic heterocycles. The van der Waals surface area contributed by atoms with Gasteiger partial charge in [-0.3, -0.25) is 0 Å². The van der Waals surface area contributed by atoms with Crippen LogP contribution in [0.2, 0.25) is 0 Å². The number of piperidine rings is 2. The van der Waals surface area contributed by atoms with E-state index in [2.05, 4.69) is 22.0 Å². The van der Waals surface area contributed by atoms with Gasteiger partial charge in [0.15, 0.2) is 0 Å². The summed E-state index contributed by atoms with van der Waals surface area (Å²) in [7, 11) is 0. The van der Waals surface area contributed by atoms with Gasteiger partial charge in [-0.05, 0) is 51.4 Å². The fourth-order valence-electron chi connectivity index (χ4n) is 3.80. The monoisotopic (exact) mass is 279 g/mol. The number of likely N-dealkylation sites (tertiary alicyclic amines) is 2. The van der Waals surface area contributed by atoms with Crippen molar-refractivity contribution in [3.8, 4) is 0 Å². The molecule has 0 radical (unpaired) electrons. The van der Waals surface area contributed by atoms with Crippen LogP contribution in [0.25, 0.3) is 0 Å². The highest BCUT2D eigenvalue weighted by Crippen LogP contribution is 2.29. The Bertz CT molecular complexity index is 335. The Kier molecular flexibility index (Phi) is 4.49. The van der Waals surface area contributed by atoms with Crippen molar-refractivity contribution in [2.75, 3.05) is 19.6 Å². The molecule has 3 fully saturated rings. The van der Waals surface area contributed by atoms with Crippen molar-refractivity contribution in [2.24, 2.45) is 0 Å². The minimum Gasteiger partial charge on any atom is -0.335 e. The molecular weight excluding hydrogens is 250 g/mol. The van der Waals surface area contributed by atoms with Crippen molar-refractivity contribution in [3.05, 3.63) is 0 Å². The summed E-state index contributed by atoms with van der Waals surface area (Å²) < 4.78 is 0. The van der Waals surface area contributed by atoms with Crippen LogP contribution in [0.5, 0.6) is 0 Å². The zero-order valence-corrected chi connectivity index (χ0v) is 12.8. The first-order valence-electron chi connectivity index (χ1n) is 8.59. The average Bonchev–Trinajstić information content (AvgIpc) is 3.32. The molecule has 0 aromatic carbocycles. The fraction of sp³-hybridized carbons (Fsp3) is 0.938. The van der Waals surface area contributed by atoms with Crippen LogP contribution in [-0.2, 0) is 0 Å². The van der Waals surface area contributed by atoms with E-state index in [4.69, 9.17) is 0 Å². The number of hydrogen-bond donors (Lipinski definition) is 1. The summed E-state index contributed by atoms with van der Waals surface area (Å²) in [4.78, 5) is 17.2. The van der Waals surface area contributed by atoms with E-state index in [1.54, 1.807) is 0 Å². The SMILES string of the molecule is CCC1CCCCN1C(=O)NC1CCN(C2CC2)CC1. The maximum atomic E-state index is 12.5. The van der Waals surface area contributed by atoms with Gasteiger partial charge >= 0.3 is 6.03 Å². The van der Waals surface area contributed by atoms with Gasteiger partial charge in [-0.15, -0.1) is 0 Å². The molecule has 2 amide bonds. The average molecular weight is 279 g/mol. The number of carbonyl (C=O) groups excluding carboxylic acids is 1. The molecule has 1 saturated carbocycles. The summed E-state index contributed by atoms with van der Waals surface area (Å²) in [5, 5.41) is 3.29. The lowest BCUT2D eigenvalue weighted by atomic mass is 10.0. The Morgan fingerprint density at radius 2 is 1.80 bits per heavy atom. The summed E-state index contributed by atoms with van der Waals surface area (Å²) in [6, 6.07) is 1.94. The molecule has 0 spiro atoms. The first-order valence-corrected chi connectivity index (χ1v) is 8.59. The lowest BCUT2D eigenvalue weighted by Gasteiger charge is -2.38. The number of nitrogens with zero attached hydrogens (tertiary/aromatic N) is 2. The van der Waals surface area contributed by atoms with E-state index in [9.17, 15) is 4.79 Å². The van der Waals surface area contributed by atoms with Crippen molar-refractivity contribution in [1.29, 1.82) is 0 Å². The summed E-state index contributed by atoms with van der Waals surface area (Å²) in [5.41, 5.74) is 0. The molecule has 2 saturated heterocycles. The molecule has 4 nitrogen and oxygen atoms in total. The molecule has 0 aromatic heterocycles. The van der Waals surface area contributed by atoms with Crippen molar-refractivity contribution in [2.45, 2.75) is 76.4 Å². The topological polar surface area (TPSA) is 35.6 Å². The van der Waals surface area contributed by atoms with E-state index in [1.165, 1.54) is 45.2 Å². The second-order valence-corrected chi connectivity index (χ2v) is 6.74. The molecule has 0 bridgehead atoms. The maximum absolute atomic E-state index is 12.5. The van der Waals surface area contributed by atoms with Gasteiger partial charge in [0, 0.05) is 37.8 Å². The van der Waals surface area contributed by atoms with Crippen molar-refractivity contribution in [3.63, 3.8) is 0 Å². The summed E-state index contributed by atoms with van der Waals surface area (Å²) >= 11 is 0. The van der Waals surface area contributed by atoms with Gasteiger partial charge in [-0.2, -0.15) is 0 Å². The van der Waals surface area contributed by atoms with Crippen LogP contribution in [0.4, 0.5) is 4.79 Å². The molecule has 1 aliphatic carbocycles. The van der Waals surface area contributed by atoms with Crippen LogP contribution >= 0.6 is 0 Å². The zero-order chi connectivity index (χ0) is 13.9. The molecule has 3 aliphatic rings. The van der Waals surface area contributed by atoms with Crippen molar-refractivity contribution >= 4 is 6.03 Å². The molecule has 1 N–H and O–H groups in total. The second kappa shape index (κ2) is 6.33. The maximum Gasteiger partial charge on any atom is 0.317 e. The van der Waals surface area contributed by atoms with Crippen molar-refractivity contribution in [1.82, 2.24) is 15.1 Å². The Labute approximate surface area is 122 Å². The van der Waals surface area contributed by atoms with Crippen LogP contribution in [0.3, 0.4) is 0 Å². The molecular formula is C16H29N3O. The minimum atomic E-state index is 0.196. The highest BCUT2D eigenvalue weighted by molar-refractivity contribution is 5.75. The lowest BCUT2D eigenvalue weighted by Crippen LogP contribution is -2.53. The first kappa shape index (κ1) is 14.2. The van der Waals surface area contributed by atoms with Crippen LogP contribution in [0.1, 0.15) is 58.3 Å². The first-order chi connectivity index (χ1) is 9.78. The van der Waals surface area contributed by atoms with Crippen LogP contribution in [0.15, 0.2) is 0 Å². The Hall–Kier alpha value is -0.770. The molecule has 4 heteroatoms. The Morgan fingerprint density at radius 3 is 2.45 bits per heavy atom. The van der Waals surface area contributed by atoms with E-state index < -0.39 is 0 Å². The number of amides is 2. The highest BCUT2D eigenvalue weighted by Gasteiger charge is 2.33. The number of nitrogens with one attached hydrogen (secondary N) is 1. The van der Waals surface area contributed by atoms with Gasteiger partial charge in [0.1, 0.15) is 0 Å². The van der Waals surface area contributed by atoms with Gasteiger partial charge in [0.05, 0.1) is 0 Å². The second-order valence-electron chi connectivity index (χ2n) is 6.74. The molecule has 2 heterocycles. The van der Waals surface area contributed by atoms with Crippen LogP contribution in [-0.4, -0.2) is 53.6 Å². The predicted octanol–water partition coefficient (Wildman–Crippen LogP) is 2.59. The van der Waals surface area contributed by atoms with E-state index in [0.717, 1.165) is 31.8 Å². The Morgan fingerprint density at radius 1 is 1.05 bits per heavy atom. The number of rotatable bonds is 3. The summed E-state index contributed by atoms with van der Waals surface area (Å²) in [6.07, 6.45) is 9.77. The van der Waals surface area contributed by atoms with Gasteiger partial charge in [0.2, 0.25) is 0 Å². The van der Waals surface area contributed by atoms with Gasteiger partial charge in [0.25, 0.3) is 0 Å². The third-order valence-electron chi connectivity index (χ3n) is 5.28. The highest BCUT2D eigenvalue weighted by atomic mass is 16.2. The smallest absolute Gasteiger partial charge is 0.317 e. The number of hydrogen-bond acceptors (Lipinski definition) is 2. The molecule has 114 valence electrons. The fourth-order valence-corrected chi connectivity index (χ4v) is 3.80. The molecule has 1 unspecified atom stereocenters. The summed E-state index contributed by atoms with van der Waals surface area (Å²) in [5.74, 6) is 0. The van der Waals surface area contributed by atoms with Gasteiger partial charge in [-0.25, -0.2) is 4.79 Å². The third kappa shape index (κ3) is 3.27. The molecule has 20 heavy (non-hydrogen) atoms. The standard InChI is InChI=1S/C16H29N3O/c1-2-14-5-3-4-10-19(14)16(20)17-13-8-11-18(12-9-13)15-6-7-15/h13-15H,2-12H2,1H3,(H,17,20). The number of urea groups is 1. The zero-order valence-electron chi connectivity index (χ0n) is 12.8. The summed E-state index contributed by atoms with van der Waals surface area (Å²) in [6.45, 7) is 5.50. The van der Waals surface area contributed by atoms with E-state index >= 15 is 0 Å². The predicted molar refractivity (Wildman–Crippen MR) is 80.8 cm³/mol. The van der Waals surface area contributed by atoms with Crippen LogP contribution < -0.4 is 5.32 Å². The minimum absolute atomic E-state index is 0.196. The molecule has 1 atom stereocenters.